The summed E-state index contributed by atoms with van der Waals surface area (Å²) in [5.74, 6) is 0. The summed E-state index contributed by atoms with van der Waals surface area (Å²) in [5.41, 5.74) is 8.04. The summed E-state index contributed by atoms with van der Waals surface area (Å²) in [5, 5.41) is 2.47. The van der Waals surface area contributed by atoms with Crippen molar-refractivity contribution in [3.05, 3.63) is 84.6 Å². The van der Waals surface area contributed by atoms with Crippen LogP contribution in [0.25, 0.3) is 44.2 Å². The average Bonchev–Trinajstić information content (AvgIpc) is 3.36. The molecule has 38 heavy (non-hydrogen) atoms. The zero-order valence-electron chi connectivity index (χ0n) is 23.3. The number of H-pyrrole nitrogens is 1. The molecule has 4 nitrogen and oxygen atoms in total. The van der Waals surface area contributed by atoms with Crippen molar-refractivity contribution in [1.29, 1.82) is 0 Å². The molecule has 0 unspecified atom stereocenters. The van der Waals surface area contributed by atoms with E-state index in [1.165, 1.54) is 21.9 Å². The SMILES string of the molecule is CC(C)(C)c1cc(B2OC(C)(C)C(C)(C)O2)cc(-c2cc(-c3cccc4[nH]c5ccccc5c34)ccn2)c1. The minimum atomic E-state index is -0.427. The Kier molecular flexibility index (Phi) is 5.61. The largest absolute Gasteiger partial charge is 0.494 e. The van der Waals surface area contributed by atoms with Crippen LogP contribution < -0.4 is 5.46 Å². The van der Waals surface area contributed by atoms with Gasteiger partial charge in [-0.25, -0.2) is 0 Å². The predicted octanol–water partition coefficient (Wildman–Crippen LogP) is 7.65. The Morgan fingerprint density at radius 2 is 1.47 bits per heavy atom. The standard InChI is InChI=1S/C33H35BN2O2/c1-31(2,3)23-17-22(18-24(20-23)34-37-32(4,5)33(6,7)38-34)29-19-21(15-16-35-29)25-12-10-14-28-30(25)26-11-8-9-13-27(26)36-28/h8-20,36H,1-7H3. The fraction of sp³-hybridized carbons (Fsp3) is 0.303. The zero-order chi connectivity index (χ0) is 26.9. The summed E-state index contributed by atoms with van der Waals surface area (Å²) in [6, 6.07) is 25.9. The van der Waals surface area contributed by atoms with Gasteiger partial charge in [-0.1, -0.05) is 63.2 Å². The fourth-order valence-electron chi connectivity index (χ4n) is 5.25. The number of fused-ring (bicyclic) bond motifs is 3. The summed E-state index contributed by atoms with van der Waals surface area (Å²) < 4.78 is 12.9. The Morgan fingerprint density at radius 3 is 2.21 bits per heavy atom. The third-order valence-electron chi connectivity index (χ3n) is 8.24. The van der Waals surface area contributed by atoms with Crippen molar-refractivity contribution < 1.29 is 9.31 Å². The number of benzene rings is 3. The van der Waals surface area contributed by atoms with Crippen molar-refractivity contribution >= 4 is 34.4 Å². The van der Waals surface area contributed by atoms with Gasteiger partial charge in [0.2, 0.25) is 0 Å². The second-order valence-corrected chi connectivity index (χ2v) is 12.5. The first kappa shape index (κ1) is 24.9. The van der Waals surface area contributed by atoms with Gasteiger partial charge in [0.25, 0.3) is 0 Å². The average molecular weight is 502 g/mol. The lowest BCUT2D eigenvalue weighted by Gasteiger charge is -2.32. The molecule has 5 heteroatoms. The highest BCUT2D eigenvalue weighted by Gasteiger charge is 2.51. The Labute approximate surface area is 225 Å². The number of pyridine rings is 1. The topological polar surface area (TPSA) is 47.1 Å². The molecule has 0 bridgehead atoms. The molecule has 1 aliphatic rings. The monoisotopic (exact) mass is 502 g/mol. The first-order chi connectivity index (χ1) is 17.9. The molecule has 0 spiro atoms. The molecule has 1 fully saturated rings. The van der Waals surface area contributed by atoms with E-state index in [0.717, 1.165) is 33.3 Å². The number of nitrogens with zero attached hydrogens (tertiary/aromatic N) is 1. The van der Waals surface area contributed by atoms with E-state index in [2.05, 4.69) is 126 Å². The maximum atomic E-state index is 6.44. The van der Waals surface area contributed by atoms with E-state index in [-0.39, 0.29) is 5.41 Å². The molecule has 1 aliphatic heterocycles. The molecule has 0 atom stereocenters. The zero-order valence-corrected chi connectivity index (χ0v) is 23.3. The number of hydrogen-bond acceptors (Lipinski definition) is 3. The van der Waals surface area contributed by atoms with Crippen molar-refractivity contribution in [2.24, 2.45) is 0 Å². The number of hydrogen-bond donors (Lipinski definition) is 1. The Bertz CT molecular complexity index is 1660. The number of para-hydroxylation sites is 1. The highest BCUT2D eigenvalue weighted by molar-refractivity contribution is 6.62. The van der Waals surface area contributed by atoms with E-state index < -0.39 is 18.3 Å². The van der Waals surface area contributed by atoms with Crippen LogP contribution in [0.5, 0.6) is 0 Å². The second-order valence-electron chi connectivity index (χ2n) is 12.5. The Morgan fingerprint density at radius 1 is 0.763 bits per heavy atom. The van der Waals surface area contributed by atoms with Gasteiger partial charge in [0.05, 0.1) is 16.9 Å². The Hall–Kier alpha value is -3.41. The molecule has 1 N–H and O–H groups in total. The van der Waals surface area contributed by atoms with E-state index in [9.17, 15) is 0 Å². The van der Waals surface area contributed by atoms with Gasteiger partial charge in [-0.3, -0.25) is 4.98 Å². The van der Waals surface area contributed by atoms with Crippen molar-refractivity contribution in [2.75, 3.05) is 0 Å². The maximum absolute atomic E-state index is 6.44. The lowest BCUT2D eigenvalue weighted by molar-refractivity contribution is 0.00578. The number of aromatic amines is 1. The first-order valence-corrected chi connectivity index (χ1v) is 13.4. The summed E-state index contributed by atoms with van der Waals surface area (Å²) in [6.45, 7) is 15.1. The van der Waals surface area contributed by atoms with Crippen molar-refractivity contribution in [1.82, 2.24) is 9.97 Å². The van der Waals surface area contributed by atoms with Crippen molar-refractivity contribution in [3.63, 3.8) is 0 Å². The quantitative estimate of drug-likeness (QED) is 0.258. The molecule has 0 aliphatic carbocycles. The molecule has 2 aromatic heterocycles. The summed E-state index contributed by atoms with van der Waals surface area (Å²) in [4.78, 5) is 8.39. The van der Waals surface area contributed by atoms with Crippen LogP contribution in [0.4, 0.5) is 0 Å². The number of rotatable bonds is 3. The lowest BCUT2D eigenvalue weighted by atomic mass is 9.74. The molecule has 1 saturated heterocycles. The highest BCUT2D eigenvalue weighted by Crippen LogP contribution is 2.38. The summed E-state index contributed by atoms with van der Waals surface area (Å²) in [7, 11) is -0.427. The second kappa shape index (κ2) is 8.55. The van der Waals surface area contributed by atoms with Gasteiger partial charge in [0, 0.05) is 33.6 Å². The summed E-state index contributed by atoms with van der Waals surface area (Å²) in [6.07, 6.45) is 1.91. The third-order valence-corrected chi connectivity index (χ3v) is 8.24. The van der Waals surface area contributed by atoms with Gasteiger partial charge in [-0.05, 0) is 85.6 Å². The van der Waals surface area contributed by atoms with Gasteiger partial charge >= 0.3 is 7.12 Å². The third kappa shape index (κ3) is 4.15. The molecule has 5 aromatic rings. The van der Waals surface area contributed by atoms with Crippen LogP contribution in [-0.2, 0) is 14.7 Å². The van der Waals surface area contributed by atoms with E-state index in [4.69, 9.17) is 14.3 Å². The minimum Gasteiger partial charge on any atom is -0.399 e. The van der Waals surface area contributed by atoms with Crippen LogP contribution in [-0.4, -0.2) is 28.3 Å². The molecule has 0 saturated carbocycles. The minimum absolute atomic E-state index is 0.0400. The van der Waals surface area contributed by atoms with E-state index in [1.807, 2.05) is 6.20 Å². The van der Waals surface area contributed by atoms with Gasteiger partial charge in [0.15, 0.2) is 0 Å². The molecular weight excluding hydrogens is 467 g/mol. The molecular formula is C33H35BN2O2. The van der Waals surface area contributed by atoms with Crippen LogP contribution >= 0.6 is 0 Å². The number of nitrogens with one attached hydrogen (secondary N) is 1. The number of aromatic nitrogens is 2. The van der Waals surface area contributed by atoms with E-state index >= 15 is 0 Å². The van der Waals surface area contributed by atoms with Gasteiger partial charge in [0.1, 0.15) is 0 Å². The van der Waals surface area contributed by atoms with Gasteiger partial charge < -0.3 is 14.3 Å². The smallest absolute Gasteiger partial charge is 0.399 e. The normalized spacial score (nSPS) is 17.0. The van der Waals surface area contributed by atoms with E-state index in [0.29, 0.717) is 0 Å². The van der Waals surface area contributed by atoms with Crippen LogP contribution in [0, 0.1) is 0 Å². The van der Waals surface area contributed by atoms with Crippen molar-refractivity contribution in [2.45, 2.75) is 65.1 Å². The molecule has 192 valence electrons. The molecule has 3 aromatic carbocycles. The predicted molar refractivity (Wildman–Crippen MR) is 159 cm³/mol. The lowest BCUT2D eigenvalue weighted by Crippen LogP contribution is -2.41. The van der Waals surface area contributed by atoms with Gasteiger partial charge in [-0.2, -0.15) is 0 Å². The summed E-state index contributed by atoms with van der Waals surface area (Å²) >= 11 is 0. The molecule has 6 rings (SSSR count). The van der Waals surface area contributed by atoms with Crippen LogP contribution in [0.15, 0.2) is 79.0 Å². The molecule has 0 radical (unpaired) electrons. The van der Waals surface area contributed by atoms with E-state index in [1.54, 1.807) is 0 Å². The van der Waals surface area contributed by atoms with Crippen molar-refractivity contribution in [3.8, 4) is 22.4 Å². The molecule has 0 amide bonds. The highest BCUT2D eigenvalue weighted by atomic mass is 16.7. The van der Waals surface area contributed by atoms with Crippen LogP contribution in [0.3, 0.4) is 0 Å². The van der Waals surface area contributed by atoms with Crippen LogP contribution in [0.1, 0.15) is 54.0 Å². The van der Waals surface area contributed by atoms with Crippen LogP contribution in [0.2, 0.25) is 0 Å². The first-order valence-electron chi connectivity index (χ1n) is 13.4. The maximum Gasteiger partial charge on any atom is 0.494 e. The fourth-order valence-corrected chi connectivity index (χ4v) is 5.25. The van der Waals surface area contributed by atoms with Gasteiger partial charge in [-0.15, -0.1) is 0 Å². The Balaban J connectivity index is 1.48. The molecule has 3 heterocycles.